The van der Waals surface area contributed by atoms with Gasteiger partial charge in [-0.1, -0.05) is 13.8 Å². The lowest BCUT2D eigenvalue weighted by molar-refractivity contribution is 0.163. The van der Waals surface area contributed by atoms with Crippen LogP contribution in [-0.2, 0) is 7.05 Å². The second-order valence-corrected chi connectivity index (χ2v) is 7.29. The molecule has 0 aliphatic carbocycles. The first-order valence-electron chi connectivity index (χ1n) is 9.06. The smallest absolute Gasteiger partial charge is 0.321 e. The van der Waals surface area contributed by atoms with E-state index in [-0.39, 0.29) is 18.0 Å². The second-order valence-electron chi connectivity index (χ2n) is 7.29. The molecule has 0 radical (unpaired) electrons. The Bertz CT molecular complexity index is 633. The molecule has 25 heavy (non-hydrogen) atoms. The highest BCUT2D eigenvalue weighted by atomic mass is 16.2. The quantitative estimate of drug-likeness (QED) is 0.871. The first-order valence-corrected chi connectivity index (χ1v) is 9.06. The van der Waals surface area contributed by atoms with Crippen LogP contribution < -0.4 is 10.6 Å². The van der Waals surface area contributed by atoms with Gasteiger partial charge < -0.3 is 20.4 Å². The molecule has 2 N–H and O–H groups in total. The first kappa shape index (κ1) is 17.6. The standard InChI is InChI=1S/C17H28N6O2/c1-12(2)15-14(11-21(3)20-15)19-17(25)22-7-4-13(5-8-22)10-23-9-6-18-16(23)24/h11-13H,4-10H2,1-3H3,(H,18,24)(H,19,25). The molecule has 2 fully saturated rings. The van der Waals surface area contributed by atoms with E-state index in [0.29, 0.717) is 5.92 Å². The summed E-state index contributed by atoms with van der Waals surface area (Å²) >= 11 is 0. The number of likely N-dealkylation sites (tertiary alicyclic amines) is 1. The Balaban J connectivity index is 1.51. The summed E-state index contributed by atoms with van der Waals surface area (Å²) < 4.78 is 1.73. The third kappa shape index (κ3) is 4.05. The van der Waals surface area contributed by atoms with Crippen molar-refractivity contribution in [3.8, 4) is 0 Å². The monoisotopic (exact) mass is 348 g/mol. The molecule has 8 heteroatoms. The Labute approximate surface area is 148 Å². The number of carbonyl (C=O) groups excluding carboxylic acids is 2. The molecular weight excluding hydrogens is 320 g/mol. The molecule has 0 atom stereocenters. The predicted octanol–water partition coefficient (Wildman–Crippen LogP) is 1.81. The minimum absolute atomic E-state index is 0.0398. The van der Waals surface area contributed by atoms with E-state index in [9.17, 15) is 9.59 Å². The van der Waals surface area contributed by atoms with Crippen LogP contribution in [-0.4, -0.2) is 64.4 Å². The molecular formula is C17H28N6O2. The number of aromatic nitrogens is 2. The van der Waals surface area contributed by atoms with Crippen LogP contribution in [0.2, 0.25) is 0 Å². The van der Waals surface area contributed by atoms with Crippen molar-refractivity contribution in [2.24, 2.45) is 13.0 Å². The SMILES string of the molecule is CC(C)c1nn(C)cc1NC(=O)N1CCC(CN2CCNC2=O)CC1. The van der Waals surface area contributed by atoms with Gasteiger partial charge in [-0.2, -0.15) is 5.10 Å². The average Bonchev–Trinajstić information content (AvgIpc) is 3.14. The topological polar surface area (TPSA) is 82.5 Å². The Morgan fingerprint density at radius 3 is 2.68 bits per heavy atom. The van der Waals surface area contributed by atoms with Gasteiger partial charge >= 0.3 is 12.1 Å². The molecule has 0 unspecified atom stereocenters. The zero-order chi connectivity index (χ0) is 18.0. The van der Waals surface area contributed by atoms with Gasteiger partial charge in [0.2, 0.25) is 0 Å². The number of carbonyl (C=O) groups is 2. The van der Waals surface area contributed by atoms with Crippen LogP contribution >= 0.6 is 0 Å². The maximum Gasteiger partial charge on any atom is 0.321 e. The van der Waals surface area contributed by atoms with Crippen molar-refractivity contribution in [3.05, 3.63) is 11.9 Å². The van der Waals surface area contributed by atoms with Gasteiger partial charge in [0.25, 0.3) is 0 Å². The molecule has 4 amide bonds. The fourth-order valence-corrected chi connectivity index (χ4v) is 3.54. The molecule has 138 valence electrons. The molecule has 8 nitrogen and oxygen atoms in total. The lowest BCUT2D eigenvalue weighted by Crippen LogP contribution is -2.44. The van der Waals surface area contributed by atoms with E-state index >= 15 is 0 Å². The fourth-order valence-electron chi connectivity index (χ4n) is 3.54. The molecule has 2 aliphatic heterocycles. The number of amides is 4. The maximum atomic E-state index is 12.6. The van der Waals surface area contributed by atoms with E-state index in [4.69, 9.17) is 0 Å². The summed E-state index contributed by atoms with van der Waals surface area (Å²) in [4.78, 5) is 27.9. The normalized spacial score (nSPS) is 18.8. The molecule has 1 aromatic rings. The molecule has 2 aliphatic rings. The minimum atomic E-state index is -0.0627. The second kappa shape index (κ2) is 7.33. The van der Waals surface area contributed by atoms with Crippen LogP contribution in [0.25, 0.3) is 0 Å². The molecule has 1 aromatic heterocycles. The summed E-state index contributed by atoms with van der Waals surface area (Å²) in [7, 11) is 1.86. The highest BCUT2D eigenvalue weighted by molar-refractivity contribution is 5.90. The Kier molecular flexibility index (Phi) is 5.15. The van der Waals surface area contributed by atoms with Crippen molar-refractivity contribution in [2.75, 3.05) is 38.0 Å². The number of anilines is 1. The number of hydrogen-bond donors (Lipinski definition) is 2. The third-order valence-electron chi connectivity index (χ3n) is 4.97. The van der Waals surface area contributed by atoms with Gasteiger partial charge in [-0.3, -0.25) is 4.68 Å². The lowest BCUT2D eigenvalue weighted by atomic mass is 9.96. The number of nitrogens with one attached hydrogen (secondary N) is 2. The molecule has 3 heterocycles. The fraction of sp³-hybridized carbons (Fsp3) is 0.706. The van der Waals surface area contributed by atoms with Gasteiger partial charge in [0, 0.05) is 46.0 Å². The molecule has 0 saturated carbocycles. The third-order valence-corrected chi connectivity index (χ3v) is 4.97. The predicted molar refractivity (Wildman–Crippen MR) is 95.6 cm³/mol. The van der Waals surface area contributed by atoms with Crippen molar-refractivity contribution >= 4 is 17.7 Å². The summed E-state index contributed by atoms with van der Waals surface area (Å²) in [5.41, 5.74) is 1.70. The van der Waals surface area contributed by atoms with Crippen LogP contribution in [0.1, 0.15) is 38.3 Å². The number of urea groups is 2. The number of piperidine rings is 1. The van der Waals surface area contributed by atoms with Crippen LogP contribution in [0.5, 0.6) is 0 Å². The van der Waals surface area contributed by atoms with Crippen molar-refractivity contribution in [1.82, 2.24) is 24.9 Å². The summed E-state index contributed by atoms with van der Waals surface area (Å²) in [6, 6.07) is -0.0229. The van der Waals surface area contributed by atoms with E-state index in [1.807, 2.05) is 23.0 Å². The number of rotatable bonds is 4. The Morgan fingerprint density at radius 2 is 2.08 bits per heavy atom. The molecule has 0 spiro atoms. The maximum absolute atomic E-state index is 12.6. The summed E-state index contributed by atoms with van der Waals surface area (Å²) in [5, 5.41) is 10.3. The van der Waals surface area contributed by atoms with E-state index in [1.54, 1.807) is 4.68 Å². The zero-order valence-electron chi connectivity index (χ0n) is 15.3. The Hall–Kier alpha value is -2.25. The van der Waals surface area contributed by atoms with Gasteiger partial charge in [-0.15, -0.1) is 0 Å². The van der Waals surface area contributed by atoms with E-state index < -0.39 is 0 Å². The van der Waals surface area contributed by atoms with Crippen LogP contribution in [0.3, 0.4) is 0 Å². The highest BCUT2D eigenvalue weighted by Crippen LogP contribution is 2.24. The summed E-state index contributed by atoms with van der Waals surface area (Å²) in [6.45, 7) is 7.91. The minimum Gasteiger partial charge on any atom is -0.336 e. The molecule has 0 aromatic carbocycles. The highest BCUT2D eigenvalue weighted by Gasteiger charge is 2.28. The van der Waals surface area contributed by atoms with Gasteiger partial charge in [0.1, 0.15) is 0 Å². The molecule has 2 saturated heterocycles. The van der Waals surface area contributed by atoms with E-state index in [0.717, 1.165) is 56.9 Å². The van der Waals surface area contributed by atoms with Crippen LogP contribution in [0.4, 0.5) is 15.3 Å². The van der Waals surface area contributed by atoms with Crippen molar-refractivity contribution in [1.29, 1.82) is 0 Å². The molecule has 0 bridgehead atoms. The first-order chi connectivity index (χ1) is 11.9. The van der Waals surface area contributed by atoms with Gasteiger partial charge in [0.15, 0.2) is 0 Å². The summed E-state index contributed by atoms with van der Waals surface area (Å²) in [5.74, 6) is 0.728. The lowest BCUT2D eigenvalue weighted by Gasteiger charge is -2.33. The van der Waals surface area contributed by atoms with Crippen molar-refractivity contribution in [2.45, 2.75) is 32.6 Å². The van der Waals surface area contributed by atoms with Crippen LogP contribution in [0, 0.1) is 5.92 Å². The van der Waals surface area contributed by atoms with Gasteiger partial charge in [-0.05, 0) is 24.7 Å². The number of hydrogen-bond acceptors (Lipinski definition) is 3. The van der Waals surface area contributed by atoms with Gasteiger partial charge in [0.05, 0.1) is 11.4 Å². The van der Waals surface area contributed by atoms with Crippen molar-refractivity contribution < 1.29 is 9.59 Å². The zero-order valence-corrected chi connectivity index (χ0v) is 15.3. The van der Waals surface area contributed by atoms with Gasteiger partial charge in [-0.25, -0.2) is 9.59 Å². The summed E-state index contributed by atoms with van der Waals surface area (Å²) in [6.07, 6.45) is 3.72. The van der Waals surface area contributed by atoms with Crippen LogP contribution in [0.15, 0.2) is 6.20 Å². The average molecular weight is 348 g/mol. The largest absolute Gasteiger partial charge is 0.336 e. The molecule has 3 rings (SSSR count). The van der Waals surface area contributed by atoms with E-state index in [2.05, 4.69) is 29.6 Å². The number of nitrogens with zero attached hydrogens (tertiary/aromatic N) is 4. The number of aryl methyl sites for hydroxylation is 1. The Morgan fingerprint density at radius 1 is 1.36 bits per heavy atom. The van der Waals surface area contributed by atoms with E-state index in [1.165, 1.54) is 0 Å². The van der Waals surface area contributed by atoms with Crippen molar-refractivity contribution in [3.63, 3.8) is 0 Å².